The molecule has 0 saturated carbocycles. The summed E-state index contributed by atoms with van der Waals surface area (Å²) in [6.07, 6.45) is 3.57. The number of methoxy groups -OCH3 is 1. The molecule has 0 bridgehead atoms. The summed E-state index contributed by atoms with van der Waals surface area (Å²) in [4.78, 5) is 21.0. The van der Waals surface area contributed by atoms with Crippen molar-refractivity contribution in [1.82, 2.24) is 20.1 Å². The summed E-state index contributed by atoms with van der Waals surface area (Å²) in [5.41, 5.74) is 0.411. The summed E-state index contributed by atoms with van der Waals surface area (Å²) in [6, 6.07) is 3.64. The Hall–Kier alpha value is -1.66. The molecule has 1 aliphatic heterocycles. The number of ether oxygens (including phenoxy) is 1. The lowest BCUT2D eigenvalue weighted by Gasteiger charge is -2.32. The number of amides is 1. The molecule has 0 aromatic carbocycles. The Morgan fingerprint density at radius 3 is 2.82 bits per heavy atom. The third kappa shape index (κ3) is 4.96. The number of hydrogen-bond acceptors (Lipinski definition) is 5. The molecule has 1 aromatic heterocycles. The van der Waals surface area contributed by atoms with Crippen LogP contribution in [0.15, 0.2) is 18.3 Å². The Morgan fingerprint density at radius 1 is 1.45 bits per heavy atom. The number of carbonyl (C=O) groups is 1. The van der Waals surface area contributed by atoms with Gasteiger partial charge in [0.05, 0.1) is 7.11 Å². The minimum Gasteiger partial charge on any atom is -0.497 e. The van der Waals surface area contributed by atoms with E-state index < -0.39 is 0 Å². The Kier molecular flexibility index (Phi) is 6.15. The Balaban J connectivity index is 1.79. The third-order valence-electron chi connectivity index (χ3n) is 3.99. The van der Waals surface area contributed by atoms with Gasteiger partial charge in [-0.15, -0.1) is 0 Å². The van der Waals surface area contributed by atoms with Crippen molar-refractivity contribution >= 4 is 5.91 Å². The van der Waals surface area contributed by atoms with E-state index >= 15 is 0 Å². The maximum Gasteiger partial charge on any atom is 0.270 e. The van der Waals surface area contributed by atoms with E-state index in [1.54, 1.807) is 25.4 Å². The predicted molar refractivity (Wildman–Crippen MR) is 86.3 cm³/mol. The van der Waals surface area contributed by atoms with Crippen LogP contribution >= 0.6 is 0 Å². The second-order valence-corrected chi connectivity index (χ2v) is 5.97. The number of likely N-dealkylation sites (tertiary alicyclic amines) is 1. The summed E-state index contributed by atoms with van der Waals surface area (Å²) >= 11 is 0. The first-order chi connectivity index (χ1) is 10.6. The largest absolute Gasteiger partial charge is 0.497 e. The van der Waals surface area contributed by atoms with E-state index in [-0.39, 0.29) is 11.9 Å². The molecule has 122 valence electrons. The van der Waals surface area contributed by atoms with E-state index in [0.717, 1.165) is 39.0 Å². The second kappa shape index (κ2) is 8.10. The molecule has 0 spiro atoms. The summed E-state index contributed by atoms with van der Waals surface area (Å²) in [5.74, 6) is 0.532. The predicted octanol–water partition coefficient (Wildman–Crippen LogP) is 0.846. The van der Waals surface area contributed by atoms with Crippen LogP contribution < -0.4 is 10.1 Å². The minimum absolute atomic E-state index is 0.120. The number of carbonyl (C=O) groups excluding carboxylic acids is 1. The zero-order chi connectivity index (χ0) is 15.9. The number of aromatic nitrogens is 1. The number of likely N-dealkylation sites (N-methyl/N-ethyl adjacent to an activating group) is 1. The number of piperidine rings is 1. The van der Waals surface area contributed by atoms with Gasteiger partial charge >= 0.3 is 0 Å². The van der Waals surface area contributed by atoms with E-state index in [9.17, 15) is 4.79 Å². The van der Waals surface area contributed by atoms with Gasteiger partial charge in [-0.2, -0.15) is 0 Å². The van der Waals surface area contributed by atoms with Crippen LogP contribution in [0, 0.1) is 0 Å². The zero-order valence-electron chi connectivity index (χ0n) is 13.7. The molecule has 0 unspecified atom stereocenters. The molecule has 1 fully saturated rings. The molecule has 0 radical (unpaired) electrons. The first-order valence-electron chi connectivity index (χ1n) is 7.76. The molecule has 22 heavy (non-hydrogen) atoms. The van der Waals surface area contributed by atoms with Gasteiger partial charge in [0.1, 0.15) is 11.4 Å². The lowest BCUT2D eigenvalue weighted by atomic mass is 10.0. The van der Waals surface area contributed by atoms with E-state index in [0.29, 0.717) is 11.4 Å². The van der Waals surface area contributed by atoms with E-state index in [2.05, 4.69) is 34.2 Å². The highest BCUT2D eigenvalue weighted by Gasteiger charge is 2.21. The Morgan fingerprint density at radius 2 is 2.18 bits per heavy atom. The molecule has 6 heteroatoms. The molecule has 0 aliphatic carbocycles. The number of rotatable bonds is 6. The first-order valence-corrected chi connectivity index (χ1v) is 7.76. The molecule has 1 aromatic rings. The molecule has 1 saturated heterocycles. The lowest BCUT2D eigenvalue weighted by molar-refractivity contribution is 0.0903. The third-order valence-corrected chi connectivity index (χ3v) is 3.99. The molecule has 0 atom stereocenters. The van der Waals surface area contributed by atoms with Crippen LogP contribution in [0.2, 0.25) is 0 Å². The molecular formula is C16H26N4O2. The van der Waals surface area contributed by atoms with Crippen molar-refractivity contribution < 1.29 is 9.53 Å². The molecule has 1 aliphatic rings. The van der Waals surface area contributed by atoms with Gasteiger partial charge in [0.2, 0.25) is 0 Å². The number of pyridine rings is 1. The zero-order valence-corrected chi connectivity index (χ0v) is 13.7. The van der Waals surface area contributed by atoms with Crippen molar-refractivity contribution in [3.63, 3.8) is 0 Å². The van der Waals surface area contributed by atoms with Crippen LogP contribution in [0.3, 0.4) is 0 Å². The highest BCUT2D eigenvalue weighted by atomic mass is 16.5. The van der Waals surface area contributed by atoms with Crippen LogP contribution in [-0.2, 0) is 0 Å². The van der Waals surface area contributed by atoms with E-state index in [1.807, 2.05) is 0 Å². The summed E-state index contributed by atoms with van der Waals surface area (Å²) < 4.78 is 5.12. The number of nitrogens with zero attached hydrogens (tertiary/aromatic N) is 3. The summed E-state index contributed by atoms with van der Waals surface area (Å²) in [7, 11) is 5.77. The quantitative estimate of drug-likeness (QED) is 0.844. The van der Waals surface area contributed by atoms with Crippen molar-refractivity contribution in [2.45, 2.75) is 18.9 Å². The Labute approximate surface area is 132 Å². The summed E-state index contributed by atoms with van der Waals surface area (Å²) in [6.45, 7) is 4.23. The first kappa shape index (κ1) is 16.7. The average Bonchev–Trinajstić information content (AvgIpc) is 2.54. The standard InChI is InChI=1S/C16H26N4O2/c1-19(2)10-11-20-8-5-13(6-9-20)18-16(21)15-12-14(22-3)4-7-17-15/h4,7,12-13H,5-6,8-11H2,1-3H3,(H,18,21). The van der Waals surface area contributed by atoms with Gasteiger partial charge in [0, 0.05) is 44.5 Å². The van der Waals surface area contributed by atoms with Crippen LogP contribution in [0.25, 0.3) is 0 Å². The van der Waals surface area contributed by atoms with Crippen molar-refractivity contribution in [3.8, 4) is 5.75 Å². The fourth-order valence-corrected chi connectivity index (χ4v) is 2.56. The SMILES string of the molecule is COc1ccnc(C(=O)NC2CCN(CCN(C)C)CC2)c1. The van der Waals surface area contributed by atoms with Crippen molar-refractivity contribution in [1.29, 1.82) is 0 Å². The maximum absolute atomic E-state index is 12.2. The van der Waals surface area contributed by atoms with Crippen LogP contribution in [0.1, 0.15) is 23.3 Å². The fraction of sp³-hybridized carbons (Fsp3) is 0.625. The second-order valence-electron chi connectivity index (χ2n) is 5.97. The molecule has 2 heterocycles. The van der Waals surface area contributed by atoms with Crippen LogP contribution in [0.4, 0.5) is 0 Å². The van der Waals surface area contributed by atoms with Crippen LogP contribution in [-0.4, -0.2) is 74.1 Å². The van der Waals surface area contributed by atoms with Gasteiger partial charge in [-0.05, 0) is 33.0 Å². The lowest BCUT2D eigenvalue weighted by Crippen LogP contribution is -2.46. The number of hydrogen-bond donors (Lipinski definition) is 1. The van der Waals surface area contributed by atoms with Gasteiger partial charge < -0.3 is 19.9 Å². The fourth-order valence-electron chi connectivity index (χ4n) is 2.56. The van der Waals surface area contributed by atoms with E-state index in [1.165, 1.54) is 0 Å². The Bertz CT molecular complexity index is 485. The minimum atomic E-state index is -0.120. The summed E-state index contributed by atoms with van der Waals surface area (Å²) in [5, 5.41) is 3.08. The monoisotopic (exact) mass is 306 g/mol. The maximum atomic E-state index is 12.2. The molecule has 6 nitrogen and oxygen atoms in total. The van der Waals surface area contributed by atoms with Gasteiger partial charge in [0.15, 0.2) is 0 Å². The van der Waals surface area contributed by atoms with Gasteiger partial charge in [-0.25, -0.2) is 0 Å². The van der Waals surface area contributed by atoms with Gasteiger partial charge in [-0.1, -0.05) is 0 Å². The smallest absolute Gasteiger partial charge is 0.270 e. The molecule has 1 amide bonds. The number of nitrogens with one attached hydrogen (secondary N) is 1. The van der Waals surface area contributed by atoms with Crippen molar-refractivity contribution in [2.24, 2.45) is 0 Å². The molecule has 2 rings (SSSR count). The highest BCUT2D eigenvalue weighted by molar-refractivity contribution is 5.92. The molecular weight excluding hydrogens is 280 g/mol. The normalized spacial score (nSPS) is 16.7. The topological polar surface area (TPSA) is 57.7 Å². The molecule has 1 N–H and O–H groups in total. The van der Waals surface area contributed by atoms with Crippen molar-refractivity contribution in [2.75, 3.05) is 47.4 Å². The van der Waals surface area contributed by atoms with Crippen LogP contribution in [0.5, 0.6) is 5.75 Å². The van der Waals surface area contributed by atoms with E-state index in [4.69, 9.17) is 4.74 Å². The van der Waals surface area contributed by atoms with Gasteiger partial charge in [-0.3, -0.25) is 9.78 Å². The highest BCUT2D eigenvalue weighted by Crippen LogP contribution is 2.13. The van der Waals surface area contributed by atoms with Crippen molar-refractivity contribution in [3.05, 3.63) is 24.0 Å². The average molecular weight is 306 g/mol. The van der Waals surface area contributed by atoms with Gasteiger partial charge in [0.25, 0.3) is 5.91 Å².